The fourth-order valence-electron chi connectivity index (χ4n) is 2.21. The van der Waals surface area contributed by atoms with Gasteiger partial charge in [-0.3, -0.25) is 4.79 Å². The van der Waals surface area contributed by atoms with E-state index in [9.17, 15) is 14.7 Å². The molecule has 0 unspecified atom stereocenters. The van der Waals surface area contributed by atoms with Crippen molar-refractivity contribution >= 4 is 23.0 Å². The summed E-state index contributed by atoms with van der Waals surface area (Å²) in [7, 11) is 0. The summed E-state index contributed by atoms with van der Waals surface area (Å²) in [6.07, 6.45) is 2.52. The summed E-state index contributed by atoms with van der Waals surface area (Å²) in [5, 5.41) is 18.5. The van der Waals surface area contributed by atoms with Gasteiger partial charge in [-0.1, -0.05) is 24.3 Å². The zero-order valence-corrected chi connectivity index (χ0v) is 11.9. The highest BCUT2D eigenvalue weighted by Crippen LogP contribution is 2.24. The smallest absolute Gasteiger partial charge is 0.328 e. The van der Waals surface area contributed by atoms with Gasteiger partial charge >= 0.3 is 5.97 Å². The number of aromatic hydroxyl groups is 1. The van der Waals surface area contributed by atoms with E-state index in [2.05, 4.69) is 0 Å². The van der Waals surface area contributed by atoms with Crippen LogP contribution in [0.4, 0.5) is 0 Å². The first kappa shape index (κ1) is 14.6. The summed E-state index contributed by atoms with van der Waals surface area (Å²) in [6, 6.07) is 12.6. The van der Waals surface area contributed by atoms with Crippen LogP contribution >= 0.6 is 0 Å². The molecule has 0 spiro atoms. The molecule has 0 radical (unpaired) electrons. The molecular formula is C18H12O5. The first-order chi connectivity index (χ1) is 11.0. The molecule has 2 N–H and O–H groups in total. The summed E-state index contributed by atoms with van der Waals surface area (Å²) in [6.45, 7) is 0. The van der Waals surface area contributed by atoms with Gasteiger partial charge in [0.05, 0.1) is 5.39 Å². The minimum absolute atomic E-state index is 0.0203. The average Bonchev–Trinajstić information content (AvgIpc) is 2.53. The molecule has 5 heteroatoms. The Balaban J connectivity index is 2.03. The number of carboxylic acids is 1. The van der Waals surface area contributed by atoms with Crippen molar-refractivity contribution in [3.8, 4) is 17.1 Å². The van der Waals surface area contributed by atoms with Crippen LogP contribution in [-0.4, -0.2) is 16.2 Å². The molecule has 0 aliphatic heterocycles. The molecule has 23 heavy (non-hydrogen) atoms. The van der Waals surface area contributed by atoms with Crippen LogP contribution in [0.3, 0.4) is 0 Å². The second-order valence-corrected chi connectivity index (χ2v) is 4.95. The standard InChI is InChI=1S/C18H12O5/c19-13-6-7-14-15(20)10-16(23-17(14)9-13)12-4-1-11(2-5-12)3-8-18(21)22/h1-10,19H,(H,21,22)/b8-3+. The molecule has 0 aliphatic carbocycles. The van der Waals surface area contributed by atoms with Crippen LogP contribution in [0.15, 0.2) is 63.8 Å². The highest BCUT2D eigenvalue weighted by atomic mass is 16.4. The molecule has 0 atom stereocenters. The summed E-state index contributed by atoms with van der Waals surface area (Å²) in [4.78, 5) is 22.6. The highest BCUT2D eigenvalue weighted by Gasteiger charge is 2.07. The van der Waals surface area contributed by atoms with Crippen LogP contribution in [0.25, 0.3) is 28.4 Å². The molecular weight excluding hydrogens is 296 g/mol. The number of aliphatic carboxylic acids is 1. The normalized spacial score (nSPS) is 11.1. The van der Waals surface area contributed by atoms with Crippen molar-refractivity contribution in [2.75, 3.05) is 0 Å². The minimum atomic E-state index is -1.02. The third kappa shape index (κ3) is 3.13. The number of carbonyl (C=O) groups is 1. The monoisotopic (exact) mass is 308 g/mol. The van der Waals surface area contributed by atoms with Crippen LogP contribution in [0.2, 0.25) is 0 Å². The van der Waals surface area contributed by atoms with Gasteiger partial charge in [0, 0.05) is 23.8 Å². The van der Waals surface area contributed by atoms with Crippen LogP contribution in [0.5, 0.6) is 5.75 Å². The van der Waals surface area contributed by atoms with E-state index in [4.69, 9.17) is 9.52 Å². The van der Waals surface area contributed by atoms with Crippen molar-refractivity contribution in [3.05, 3.63) is 70.4 Å². The van der Waals surface area contributed by atoms with E-state index in [0.29, 0.717) is 22.3 Å². The highest BCUT2D eigenvalue weighted by molar-refractivity contribution is 5.85. The maximum Gasteiger partial charge on any atom is 0.328 e. The van der Waals surface area contributed by atoms with Gasteiger partial charge in [0.15, 0.2) is 5.43 Å². The maximum atomic E-state index is 12.1. The predicted octanol–water partition coefficient (Wildman–Crippen LogP) is 3.26. The molecule has 0 aliphatic rings. The number of phenolic OH excluding ortho intramolecular Hbond substituents is 1. The summed E-state index contributed by atoms with van der Waals surface area (Å²) >= 11 is 0. The Morgan fingerprint density at radius 3 is 2.48 bits per heavy atom. The molecule has 0 saturated heterocycles. The molecule has 1 aromatic heterocycles. The van der Waals surface area contributed by atoms with Gasteiger partial charge in [0.1, 0.15) is 17.1 Å². The second-order valence-electron chi connectivity index (χ2n) is 4.95. The van der Waals surface area contributed by atoms with Crippen molar-refractivity contribution in [3.63, 3.8) is 0 Å². The maximum absolute atomic E-state index is 12.1. The van der Waals surface area contributed by atoms with E-state index in [1.54, 1.807) is 24.3 Å². The van der Waals surface area contributed by atoms with Gasteiger partial charge in [-0.05, 0) is 23.8 Å². The van der Waals surface area contributed by atoms with Crippen LogP contribution in [0, 0.1) is 0 Å². The zero-order chi connectivity index (χ0) is 16.4. The van der Waals surface area contributed by atoms with Gasteiger partial charge in [-0.15, -0.1) is 0 Å². The molecule has 0 fully saturated rings. The lowest BCUT2D eigenvalue weighted by atomic mass is 10.1. The number of fused-ring (bicyclic) bond motifs is 1. The molecule has 3 aromatic rings. The van der Waals surface area contributed by atoms with E-state index < -0.39 is 5.97 Å². The number of benzene rings is 2. The lowest BCUT2D eigenvalue weighted by Gasteiger charge is -2.04. The molecule has 3 rings (SSSR count). The summed E-state index contributed by atoms with van der Waals surface area (Å²) < 4.78 is 5.68. The van der Waals surface area contributed by atoms with Gasteiger partial charge in [0.25, 0.3) is 0 Å². The molecule has 5 nitrogen and oxygen atoms in total. The topological polar surface area (TPSA) is 87.7 Å². The number of hydrogen-bond donors (Lipinski definition) is 2. The van der Waals surface area contributed by atoms with Crippen molar-refractivity contribution < 1.29 is 19.4 Å². The first-order valence-electron chi connectivity index (χ1n) is 6.81. The van der Waals surface area contributed by atoms with Crippen molar-refractivity contribution in [2.24, 2.45) is 0 Å². The lowest BCUT2D eigenvalue weighted by molar-refractivity contribution is -0.131. The molecule has 1 heterocycles. The van der Waals surface area contributed by atoms with Gasteiger partial charge < -0.3 is 14.6 Å². The van der Waals surface area contributed by atoms with E-state index in [0.717, 1.165) is 11.6 Å². The third-order valence-corrected chi connectivity index (χ3v) is 3.33. The SMILES string of the molecule is O=C(O)/C=C/c1ccc(-c2cc(=O)c3ccc(O)cc3o2)cc1. The first-order valence-corrected chi connectivity index (χ1v) is 6.81. The lowest BCUT2D eigenvalue weighted by Crippen LogP contribution is -1.99. The van der Waals surface area contributed by atoms with Crippen LogP contribution in [0.1, 0.15) is 5.56 Å². The number of rotatable bonds is 3. The number of phenols is 1. The Kier molecular flexibility index (Phi) is 3.68. The predicted molar refractivity (Wildman–Crippen MR) is 86.3 cm³/mol. The van der Waals surface area contributed by atoms with Gasteiger partial charge in [-0.2, -0.15) is 0 Å². The molecule has 0 amide bonds. The Morgan fingerprint density at radius 2 is 1.78 bits per heavy atom. The molecule has 0 bridgehead atoms. The van der Waals surface area contributed by atoms with Crippen LogP contribution < -0.4 is 5.43 Å². The molecule has 2 aromatic carbocycles. The summed E-state index contributed by atoms with van der Waals surface area (Å²) in [5.74, 6) is -0.622. The Labute approximate surface area is 130 Å². The van der Waals surface area contributed by atoms with E-state index in [-0.39, 0.29) is 11.2 Å². The largest absolute Gasteiger partial charge is 0.508 e. The van der Waals surface area contributed by atoms with E-state index in [1.165, 1.54) is 30.3 Å². The second kappa shape index (κ2) is 5.81. The van der Waals surface area contributed by atoms with Crippen molar-refractivity contribution in [1.82, 2.24) is 0 Å². The quantitative estimate of drug-likeness (QED) is 0.725. The number of carboxylic acid groups (broad SMARTS) is 1. The average molecular weight is 308 g/mol. The van der Waals surface area contributed by atoms with Crippen molar-refractivity contribution in [1.29, 1.82) is 0 Å². The molecule has 0 saturated carbocycles. The third-order valence-electron chi connectivity index (χ3n) is 3.33. The number of hydrogen-bond acceptors (Lipinski definition) is 4. The zero-order valence-electron chi connectivity index (χ0n) is 11.9. The fraction of sp³-hybridized carbons (Fsp3) is 0. The Hall–Kier alpha value is -3.34. The van der Waals surface area contributed by atoms with Gasteiger partial charge in [-0.25, -0.2) is 4.79 Å². The Morgan fingerprint density at radius 1 is 1.04 bits per heavy atom. The van der Waals surface area contributed by atoms with E-state index in [1.807, 2.05) is 0 Å². The Bertz CT molecular complexity index is 965. The van der Waals surface area contributed by atoms with Gasteiger partial charge in [0.2, 0.25) is 0 Å². The van der Waals surface area contributed by atoms with E-state index >= 15 is 0 Å². The molecule has 114 valence electrons. The van der Waals surface area contributed by atoms with Crippen molar-refractivity contribution in [2.45, 2.75) is 0 Å². The van der Waals surface area contributed by atoms with Crippen LogP contribution in [-0.2, 0) is 4.79 Å². The minimum Gasteiger partial charge on any atom is -0.508 e. The fourth-order valence-corrected chi connectivity index (χ4v) is 2.21. The summed E-state index contributed by atoms with van der Waals surface area (Å²) in [5.41, 5.74) is 1.51.